The molecule has 0 aliphatic carbocycles. The zero-order valence-corrected chi connectivity index (χ0v) is 16.2. The molecule has 2 aromatic carbocycles. The topological polar surface area (TPSA) is 85.5 Å². The molecule has 7 nitrogen and oxygen atoms in total. The van der Waals surface area contributed by atoms with Crippen LogP contribution < -0.4 is 21.3 Å². The number of anilines is 3. The minimum atomic E-state index is -0.340. The lowest BCUT2D eigenvalue weighted by molar-refractivity contribution is 0.244. The lowest BCUT2D eigenvalue weighted by Crippen LogP contribution is -2.40. The van der Waals surface area contributed by atoms with Crippen LogP contribution in [0.5, 0.6) is 0 Å². The molecule has 7 heteroatoms. The van der Waals surface area contributed by atoms with E-state index in [4.69, 9.17) is 0 Å². The van der Waals surface area contributed by atoms with Gasteiger partial charge in [0.2, 0.25) is 0 Å². The molecule has 1 heterocycles. The van der Waals surface area contributed by atoms with Gasteiger partial charge in [-0.1, -0.05) is 24.3 Å². The lowest BCUT2D eigenvalue weighted by Gasteiger charge is -2.20. The van der Waals surface area contributed by atoms with Crippen LogP contribution in [-0.2, 0) is 0 Å². The van der Waals surface area contributed by atoms with Crippen LogP contribution in [0.3, 0.4) is 0 Å². The fourth-order valence-electron chi connectivity index (χ4n) is 3.22. The third kappa shape index (κ3) is 5.72. The number of benzene rings is 2. The van der Waals surface area contributed by atoms with Gasteiger partial charge < -0.3 is 21.3 Å². The van der Waals surface area contributed by atoms with Crippen molar-refractivity contribution in [1.29, 1.82) is 0 Å². The van der Waals surface area contributed by atoms with Gasteiger partial charge in [0, 0.05) is 42.2 Å². The first-order chi connectivity index (χ1) is 13.5. The number of rotatable bonds is 5. The summed E-state index contributed by atoms with van der Waals surface area (Å²) in [6.07, 6.45) is 0.951. The van der Waals surface area contributed by atoms with E-state index in [0.717, 1.165) is 19.5 Å². The fourth-order valence-corrected chi connectivity index (χ4v) is 3.22. The summed E-state index contributed by atoms with van der Waals surface area (Å²) in [6.45, 7) is 6.19. The van der Waals surface area contributed by atoms with Gasteiger partial charge >= 0.3 is 12.1 Å². The molecule has 148 valence electrons. The van der Waals surface area contributed by atoms with Crippen molar-refractivity contribution in [2.45, 2.75) is 32.4 Å². The Hall–Kier alpha value is -3.06. The van der Waals surface area contributed by atoms with Gasteiger partial charge in [-0.05, 0) is 50.6 Å². The van der Waals surface area contributed by atoms with E-state index in [9.17, 15) is 9.59 Å². The summed E-state index contributed by atoms with van der Waals surface area (Å²) in [4.78, 5) is 26.7. The second kappa shape index (κ2) is 9.23. The van der Waals surface area contributed by atoms with Gasteiger partial charge in [-0.25, -0.2) is 9.59 Å². The van der Waals surface area contributed by atoms with E-state index in [1.165, 1.54) is 0 Å². The molecule has 1 aliphatic heterocycles. The smallest absolute Gasteiger partial charge is 0.323 e. The van der Waals surface area contributed by atoms with Crippen molar-refractivity contribution in [3.63, 3.8) is 0 Å². The summed E-state index contributed by atoms with van der Waals surface area (Å²) in [6, 6.07) is 16.3. The molecule has 0 spiro atoms. The number of nitrogens with zero attached hydrogens (tertiary/aromatic N) is 1. The maximum Gasteiger partial charge on any atom is 0.323 e. The molecule has 0 radical (unpaired) electrons. The first-order valence-corrected chi connectivity index (χ1v) is 9.54. The highest BCUT2D eigenvalue weighted by atomic mass is 16.2. The number of amides is 4. The third-order valence-corrected chi connectivity index (χ3v) is 4.70. The number of urea groups is 2. The summed E-state index contributed by atoms with van der Waals surface area (Å²) in [5.74, 6) is 0. The van der Waals surface area contributed by atoms with Crippen molar-refractivity contribution < 1.29 is 9.59 Å². The Labute approximate surface area is 165 Å². The number of carbonyl (C=O) groups is 2. The number of carbonyl (C=O) groups excluding carboxylic acids is 2. The van der Waals surface area contributed by atoms with Crippen LogP contribution in [0, 0.1) is 0 Å². The molecular weight excluding hydrogens is 354 g/mol. The summed E-state index contributed by atoms with van der Waals surface area (Å²) < 4.78 is 0. The zero-order valence-electron chi connectivity index (χ0n) is 16.2. The zero-order chi connectivity index (χ0) is 19.9. The Morgan fingerprint density at radius 1 is 0.893 bits per heavy atom. The molecule has 1 atom stereocenters. The SMILES string of the molecule is CC(C)N1CCC(NC(=O)Nc2cccc(NC(=O)Nc3ccccc3)c2)C1. The monoisotopic (exact) mass is 381 g/mol. The number of nitrogens with one attached hydrogen (secondary N) is 4. The first kappa shape index (κ1) is 19.7. The number of likely N-dealkylation sites (tertiary alicyclic amines) is 1. The molecule has 0 aromatic heterocycles. The van der Waals surface area contributed by atoms with Gasteiger partial charge in [0.15, 0.2) is 0 Å². The minimum absolute atomic E-state index is 0.153. The molecule has 1 unspecified atom stereocenters. The highest BCUT2D eigenvalue weighted by molar-refractivity contribution is 6.00. The summed E-state index contributed by atoms with van der Waals surface area (Å²) in [5.41, 5.74) is 1.92. The van der Waals surface area contributed by atoms with Crippen LogP contribution in [0.15, 0.2) is 54.6 Å². The van der Waals surface area contributed by atoms with E-state index in [1.54, 1.807) is 24.3 Å². The standard InChI is InChI=1S/C21H27N5O2/c1-15(2)26-12-11-19(14-26)25-21(28)24-18-10-6-9-17(13-18)23-20(27)22-16-7-4-3-5-8-16/h3-10,13,15,19H,11-12,14H2,1-2H3,(H2,22,23,27)(H2,24,25,28). The lowest BCUT2D eigenvalue weighted by atomic mass is 10.2. The maximum atomic E-state index is 12.3. The van der Waals surface area contributed by atoms with E-state index in [1.807, 2.05) is 30.3 Å². The fraction of sp³-hybridized carbons (Fsp3) is 0.333. The largest absolute Gasteiger partial charge is 0.334 e. The third-order valence-electron chi connectivity index (χ3n) is 4.70. The Morgan fingerprint density at radius 2 is 1.50 bits per heavy atom. The molecule has 0 saturated carbocycles. The molecular formula is C21H27N5O2. The van der Waals surface area contributed by atoms with Crippen LogP contribution >= 0.6 is 0 Å². The van der Waals surface area contributed by atoms with Crippen LogP contribution in [0.1, 0.15) is 20.3 Å². The molecule has 0 bridgehead atoms. The molecule has 3 rings (SSSR count). The molecule has 4 N–H and O–H groups in total. The molecule has 1 saturated heterocycles. The summed E-state index contributed by atoms with van der Waals surface area (Å²) >= 11 is 0. The van der Waals surface area contributed by atoms with Gasteiger partial charge in [-0.3, -0.25) is 4.90 Å². The Balaban J connectivity index is 1.50. The van der Waals surface area contributed by atoms with Crippen molar-refractivity contribution in [3.8, 4) is 0 Å². The molecule has 4 amide bonds. The van der Waals surface area contributed by atoms with Crippen LogP contribution in [0.4, 0.5) is 26.7 Å². The van der Waals surface area contributed by atoms with Crippen LogP contribution in [0.25, 0.3) is 0 Å². The van der Waals surface area contributed by atoms with Gasteiger partial charge in [0.25, 0.3) is 0 Å². The van der Waals surface area contributed by atoms with E-state index >= 15 is 0 Å². The van der Waals surface area contributed by atoms with Gasteiger partial charge in [-0.15, -0.1) is 0 Å². The average Bonchev–Trinajstić information content (AvgIpc) is 3.11. The molecule has 1 fully saturated rings. The van der Waals surface area contributed by atoms with E-state index in [-0.39, 0.29) is 18.1 Å². The minimum Gasteiger partial charge on any atom is -0.334 e. The van der Waals surface area contributed by atoms with Crippen molar-refractivity contribution in [2.75, 3.05) is 29.0 Å². The van der Waals surface area contributed by atoms with Gasteiger partial charge in [0.05, 0.1) is 0 Å². The number of para-hydroxylation sites is 1. The van der Waals surface area contributed by atoms with Gasteiger partial charge in [-0.2, -0.15) is 0 Å². The quantitative estimate of drug-likeness (QED) is 0.633. The van der Waals surface area contributed by atoms with Crippen molar-refractivity contribution >= 4 is 29.1 Å². The second-order valence-corrected chi connectivity index (χ2v) is 7.20. The molecule has 28 heavy (non-hydrogen) atoms. The van der Waals surface area contributed by atoms with Crippen LogP contribution in [0.2, 0.25) is 0 Å². The predicted molar refractivity (Wildman–Crippen MR) is 113 cm³/mol. The predicted octanol–water partition coefficient (Wildman–Crippen LogP) is 3.93. The summed E-state index contributed by atoms with van der Waals surface area (Å²) in [7, 11) is 0. The Kier molecular flexibility index (Phi) is 6.49. The van der Waals surface area contributed by atoms with E-state index < -0.39 is 0 Å². The van der Waals surface area contributed by atoms with Crippen molar-refractivity contribution in [1.82, 2.24) is 10.2 Å². The average molecular weight is 381 g/mol. The van der Waals surface area contributed by atoms with Crippen LogP contribution in [-0.4, -0.2) is 42.1 Å². The molecule has 1 aliphatic rings. The van der Waals surface area contributed by atoms with E-state index in [2.05, 4.69) is 40.0 Å². The van der Waals surface area contributed by atoms with Crippen molar-refractivity contribution in [2.24, 2.45) is 0 Å². The normalized spacial score (nSPS) is 16.6. The number of hydrogen-bond acceptors (Lipinski definition) is 3. The first-order valence-electron chi connectivity index (χ1n) is 9.54. The number of hydrogen-bond donors (Lipinski definition) is 4. The Morgan fingerprint density at radius 3 is 2.14 bits per heavy atom. The highest BCUT2D eigenvalue weighted by Crippen LogP contribution is 2.17. The molecule has 2 aromatic rings. The van der Waals surface area contributed by atoms with Gasteiger partial charge in [0.1, 0.15) is 0 Å². The summed E-state index contributed by atoms with van der Waals surface area (Å²) in [5, 5.41) is 11.4. The maximum absolute atomic E-state index is 12.3. The second-order valence-electron chi connectivity index (χ2n) is 7.20. The van der Waals surface area contributed by atoms with Crippen molar-refractivity contribution in [3.05, 3.63) is 54.6 Å². The highest BCUT2D eigenvalue weighted by Gasteiger charge is 2.25. The Bertz CT molecular complexity index is 809. The van der Waals surface area contributed by atoms with E-state index in [0.29, 0.717) is 23.1 Å².